The minimum absolute atomic E-state index is 0.155. The Labute approximate surface area is 203 Å². The van der Waals surface area contributed by atoms with Gasteiger partial charge in [0.05, 0.1) is 4.92 Å². The summed E-state index contributed by atoms with van der Waals surface area (Å²) in [6.45, 7) is 11.0. The second kappa shape index (κ2) is 8.42. The molecule has 0 spiro atoms. The van der Waals surface area contributed by atoms with Crippen LogP contribution in [0.3, 0.4) is 0 Å². The van der Waals surface area contributed by atoms with Gasteiger partial charge < -0.3 is 15.1 Å². The van der Waals surface area contributed by atoms with E-state index in [2.05, 4.69) is 17.1 Å². The van der Waals surface area contributed by atoms with Gasteiger partial charge in [0.1, 0.15) is 5.69 Å². The maximum absolute atomic E-state index is 12.6. The fourth-order valence-corrected chi connectivity index (χ4v) is 7.73. The first-order valence-corrected chi connectivity index (χ1v) is 13.1. The van der Waals surface area contributed by atoms with Crippen molar-refractivity contribution in [1.29, 1.82) is 0 Å². The molecule has 1 amide bonds. The average molecular weight is 469 g/mol. The summed E-state index contributed by atoms with van der Waals surface area (Å²) in [6, 6.07) is 5.70. The van der Waals surface area contributed by atoms with Crippen LogP contribution in [-0.4, -0.2) is 48.0 Å². The second-order valence-corrected chi connectivity index (χ2v) is 12.6. The van der Waals surface area contributed by atoms with Crippen molar-refractivity contribution in [3.05, 3.63) is 28.3 Å². The minimum Gasteiger partial charge on any atom is -0.376 e. The molecule has 34 heavy (non-hydrogen) atoms. The van der Waals surface area contributed by atoms with Gasteiger partial charge in [-0.1, -0.05) is 20.8 Å². The lowest BCUT2D eigenvalue weighted by Gasteiger charge is -2.59. The van der Waals surface area contributed by atoms with Crippen molar-refractivity contribution < 1.29 is 9.72 Å². The molecule has 1 aromatic rings. The maximum atomic E-state index is 12.6. The van der Waals surface area contributed by atoms with Crippen LogP contribution in [0.25, 0.3) is 0 Å². The number of nitro groups is 1. The van der Waals surface area contributed by atoms with E-state index in [9.17, 15) is 14.9 Å². The van der Waals surface area contributed by atoms with Gasteiger partial charge in [0.25, 0.3) is 5.69 Å². The topological polar surface area (TPSA) is 78.7 Å². The molecule has 7 nitrogen and oxygen atoms in total. The summed E-state index contributed by atoms with van der Waals surface area (Å²) in [6.07, 6.45) is 7.99. The Kier molecular flexibility index (Phi) is 5.80. The number of hydrogen-bond acceptors (Lipinski definition) is 5. The number of hydrogen-bond donors (Lipinski definition) is 1. The van der Waals surface area contributed by atoms with Crippen molar-refractivity contribution >= 4 is 23.0 Å². The quantitative estimate of drug-likeness (QED) is 0.468. The van der Waals surface area contributed by atoms with Crippen LogP contribution in [0.1, 0.15) is 66.2 Å². The fraction of sp³-hybridized carbons (Fsp3) is 0.741. The van der Waals surface area contributed by atoms with Crippen LogP contribution < -0.4 is 10.2 Å². The van der Waals surface area contributed by atoms with E-state index in [1.54, 1.807) is 6.07 Å². The van der Waals surface area contributed by atoms with Crippen molar-refractivity contribution in [1.82, 2.24) is 4.90 Å². The lowest BCUT2D eigenvalue weighted by Crippen LogP contribution is -2.53. The summed E-state index contributed by atoms with van der Waals surface area (Å²) in [5.74, 6) is 2.74. The van der Waals surface area contributed by atoms with Crippen molar-refractivity contribution in [2.24, 2.45) is 28.6 Å². The number of nitrogens with zero attached hydrogens (tertiary/aromatic N) is 3. The van der Waals surface area contributed by atoms with Gasteiger partial charge in [-0.25, -0.2) is 0 Å². The molecule has 5 fully saturated rings. The van der Waals surface area contributed by atoms with Crippen LogP contribution in [0.5, 0.6) is 0 Å². The van der Waals surface area contributed by atoms with Crippen molar-refractivity contribution in [3.63, 3.8) is 0 Å². The van der Waals surface area contributed by atoms with Crippen LogP contribution in [-0.2, 0) is 4.79 Å². The highest BCUT2D eigenvalue weighted by molar-refractivity contribution is 5.82. The number of rotatable bonds is 5. The zero-order chi connectivity index (χ0) is 24.3. The Morgan fingerprint density at radius 3 is 2.12 bits per heavy atom. The van der Waals surface area contributed by atoms with Crippen LogP contribution >= 0.6 is 0 Å². The van der Waals surface area contributed by atoms with Crippen LogP contribution in [0.4, 0.5) is 17.1 Å². The van der Waals surface area contributed by atoms with E-state index < -0.39 is 0 Å². The summed E-state index contributed by atoms with van der Waals surface area (Å²) >= 11 is 0. The first-order chi connectivity index (χ1) is 16.0. The predicted molar refractivity (Wildman–Crippen MR) is 135 cm³/mol. The molecule has 1 aliphatic heterocycles. The molecule has 1 saturated heterocycles. The molecule has 0 unspecified atom stereocenters. The molecule has 4 bridgehead atoms. The van der Waals surface area contributed by atoms with Gasteiger partial charge in [-0.05, 0) is 80.8 Å². The SMILES string of the molecule is C[C@@H](Nc1cc(N2CCN(C(=O)C(C)(C)C)CC2)ccc1[N+](=O)[O-])C12CC3CC(CC(C3)C1)C2. The molecule has 6 rings (SSSR count). The number of nitrogens with one attached hydrogen (secondary N) is 1. The zero-order valence-electron chi connectivity index (χ0n) is 21.2. The lowest BCUT2D eigenvalue weighted by atomic mass is 9.48. The number of carbonyl (C=O) groups excluding carboxylic acids is 1. The normalized spacial score (nSPS) is 31.5. The van der Waals surface area contributed by atoms with Crippen molar-refractivity contribution in [2.45, 2.75) is 72.3 Å². The van der Waals surface area contributed by atoms with E-state index in [0.29, 0.717) is 18.8 Å². The Morgan fingerprint density at radius 2 is 1.62 bits per heavy atom. The van der Waals surface area contributed by atoms with Gasteiger partial charge >= 0.3 is 0 Å². The lowest BCUT2D eigenvalue weighted by molar-refractivity contribution is -0.384. The molecule has 0 aromatic heterocycles. The third-order valence-corrected chi connectivity index (χ3v) is 9.13. The third kappa shape index (κ3) is 4.27. The van der Waals surface area contributed by atoms with Gasteiger partial charge in [-0.2, -0.15) is 0 Å². The first kappa shape index (κ1) is 23.4. The van der Waals surface area contributed by atoms with Gasteiger partial charge in [0.2, 0.25) is 5.91 Å². The predicted octanol–water partition coefficient (Wildman–Crippen LogP) is 5.31. The molecule has 4 aliphatic carbocycles. The number of piperazine rings is 1. The molecule has 1 heterocycles. The zero-order valence-corrected chi connectivity index (χ0v) is 21.2. The average Bonchev–Trinajstić information content (AvgIpc) is 2.77. The van der Waals surface area contributed by atoms with Crippen molar-refractivity contribution in [3.8, 4) is 0 Å². The Hall–Kier alpha value is -2.31. The monoisotopic (exact) mass is 468 g/mol. The summed E-state index contributed by atoms with van der Waals surface area (Å²) in [7, 11) is 0. The van der Waals surface area contributed by atoms with Crippen molar-refractivity contribution in [2.75, 3.05) is 36.4 Å². The Balaban J connectivity index is 1.32. The maximum Gasteiger partial charge on any atom is 0.292 e. The minimum atomic E-state index is -0.375. The molecule has 1 N–H and O–H groups in total. The first-order valence-electron chi connectivity index (χ1n) is 13.1. The molecule has 7 heteroatoms. The molecule has 1 aromatic carbocycles. The van der Waals surface area contributed by atoms with Crippen LogP contribution in [0, 0.1) is 38.7 Å². The van der Waals surface area contributed by atoms with Gasteiger partial charge in [-0.15, -0.1) is 0 Å². The molecule has 0 radical (unpaired) electrons. The number of nitro benzene ring substituents is 1. The van der Waals surface area contributed by atoms with Gasteiger partial charge in [0.15, 0.2) is 0 Å². The van der Waals surface area contributed by atoms with E-state index in [1.165, 1.54) is 38.5 Å². The standard InChI is InChI=1S/C27H40N4O3/c1-18(27-15-19-11-20(16-27)13-21(12-19)17-27)28-23-14-22(5-6-24(23)31(33)34)29-7-9-30(10-8-29)25(32)26(2,3)4/h5-6,14,18-21,28H,7-13,15-17H2,1-4H3/t18-,19?,20?,21?,27?/m1/s1. The number of anilines is 2. The largest absolute Gasteiger partial charge is 0.376 e. The molecule has 5 aliphatic rings. The molecular weight excluding hydrogens is 428 g/mol. The van der Waals surface area contributed by atoms with E-state index in [4.69, 9.17) is 0 Å². The highest BCUT2D eigenvalue weighted by Gasteiger charge is 2.53. The summed E-state index contributed by atoms with van der Waals surface area (Å²) in [4.78, 5) is 28.4. The number of amides is 1. The molecular formula is C27H40N4O3. The summed E-state index contributed by atoms with van der Waals surface area (Å²) in [5, 5.41) is 15.5. The fourth-order valence-electron chi connectivity index (χ4n) is 7.73. The smallest absolute Gasteiger partial charge is 0.292 e. The van der Waals surface area contributed by atoms with E-state index in [1.807, 2.05) is 37.8 Å². The number of carbonyl (C=O) groups is 1. The van der Waals surface area contributed by atoms with Gasteiger partial charge in [-0.3, -0.25) is 14.9 Å². The van der Waals surface area contributed by atoms with Crippen LogP contribution in [0.2, 0.25) is 0 Å². The van der Waals surface area contributed by atoms with Gasteiger partial charge in [0, 0.05) is 49.4 Å². The molecule has 1 atom stereocenters. The van der Waals surface area contributed by atoms with E-state index >= 15 is 0 Å². The van der Waals surface area contributed by atoms with Crippen LogP contribution in [0.15, 0.2) is 18.2 Å². The second-order valence-electron chi connectivity index (χ2n) is 12.6. The third-order valence-electron chi connectivity index (χ3n) is 9.13. The van der Waals surface area contributed by atoms with E-state index in [0.717, 1.165) is 36.5 Å². The van der Waals surface area contributed by atoms with E-state index in [-0.39, 0.29) is 33.4 Å². The Bertz CT molecular complexity index is 926. The highest BCUT2D eigenvalue weighted by Crippen LogP contribution is 2.61. The Morgan fingerprint density at radius 1 is 1.06 bits per heavy atom. The number of benzene rings is 1. The molecule has 4 saturated carbocycles. The highest BCUT2D eigenvalue weighted by atomic mass is 16.6. The summed E-state index contributed by atoms with van der Waals surface area (Å²) < 4.78 is 0. The molecule has 186 valence electrons. The summed E-state index contributed by atoms with van der Waals surface area (Å²) in [5.41, 5.74) is 1.69.